The van der Waals surface area contributed by atoms with Crippen molar-refractivity contribution in [2.45, 2.75) is 27.6 Å². The molecule has 0 amide bonds. The molecule has 0 atom stereocenters. The second-order valence-electron chi connectivity index (χ2n) is 9.02. The molecule has 39 heavy (non-hydrogen) atoms. The minimum absolute atomic E-state index is 0. The number of hydrogen-bond donors (Lipinski definition) is 0. The van der Waals surface area contributed by atoms with Gasteiger partial charge in [0, 0.05) is 61.1 Å². The maximum absolute atomic E-state index is 7.82. The molecule has 7 rings (SSSR count). The van der Waals surface area contributed by atoms with Gasteiger partial charge in [0.2, 0.25) is 0 Å². The summed E-state index contributed by atoms with van der Waals surface area (Å²) in [5.41, 5.74) is 4.79. The predicted molar refractivity (Wildman–Crippen MR) is 159 cm³/mol. The van der Waals surface area contributed by atoms with Gasteiger partial charge in [-0.3, -0.25) is 0 Å². The van der Waals surface area contributed by atoms with E-state index < -0.39 is 13.7 Å². The van der Waals surface area contributed by atoms with Gasteiger partial charge in [-0.1, -0.05) is 40.8 Å². The number of hydrogen-bond acceptors (Lipinski definition) is 4. The zero-order valence-electron chi connectivity index (χ0n) is 27.1. The first-order chi connectivity index (χ1) is 20.9. The molecule has 0 N–H and O–H groups in total. The molecule has 0 saturated carbocycles. The number of pyridine rings is 2. The van der Waals surface area contributed by atoms with Crippen molar-refractivity contribution in [2.24, 2.45) is 0 Å². The number of aryl methyl sites for hydroxylation is 4. The molecule has 0 bridgehead atoms. The summed E-state index contributed by atoms with van der Waals surface area (Å²) in [6.45, 7) is -1.09. The average molecular weight is 709 g/mol. The van der Waals surface area contributed by atoms with Crippen LogP contribution >= 0.6 is 11.3 Å². The molecular weight excluding hydrogens is 677 g/mol. The van der Waals surface area contributed by atoms with E-state index in [1.54, 1.807) is 17.4 Å². The fraction of sp³-hybridized carbons (Fsp3) is 0.118. The molecule has 3 aromatic carbocycles. The van der Waals surface area contributed by atoms with Crippen LogP contribution in [0.4, 0.5) is 0 Å². The van der Waals surface area contributed by atoms with E-state index >= 15 is 0 Å². The van der Waals surface area contributed by atoms with E-state index in [9.17, 15) is 0 Å². The van der Waals surface area contributed by atoms with E-state index in [1.165, 1.54) is 16.5 Å². The molecule has 4 aromatic heterocycles. The van der Waals surface area contributed by atoms with Gasteiger partial charge in [-0.2, -0.15) is 0 Å². The third kappa shape index (κ3) is 5.31. The van der Waals surface area contributed by atoms with Gasteiger partial charge in [0.25, 0.3) is 0 Å². The molecule has 0 fully saturated rings. The van der Waals surface area contributed by atoms with Gasteiger partial charge in [-0.05, 0) is 62.2 Å². The Morgan fingerprint density at radius 3 is 2.38 bits per heavy atom. The maximum Gasteiger partial charge on any atom is 0.129 e. The predicted octanol–water partition coefficient (Wildman–Crippen LogP) is 9.44. The van der Waals surface area contributed by atoms with Crippen LogP contribution in [-0.4, -0.2) is 9.97 Å². The fourth-order valence-electron chi connectivity index (χ4n) is 4.40. The molecule has 0 unspecified atom stereocenters. The van der Waals surface area contributed by atoms with Crippen molar-refractivity contribution in [3.63, 3.8) is 0 Å². The van der Waals surface area contributed by atoms with E-state index in [-0.39, 0.29) is 31.2 Å². The summed E-state index contributed by atoms with van der Waals surface area (Å²) < 4.78 is 53.9. The van der Waals surface area contributed by atoms with Gasteiger partial charge in [0.1, 0.15) is 5.58 Å². The molecule has 195 valence electrons. The van der Waals surface area contributed by atoms with E-state index in [2.05, 4.69) is 40.3 Å². The van der Waals surface area contributed by atoms with Crippen molar-refractivity contribution in [1.29, 1.82) is 0 Å². The first-order valence-electron chi connectivity index (χ1n) is 15.1. The zero-order valence-corrected chi connectivity index (χ0v) is 24.3. The minimum atomic E-state index is -2.59. The summed E-state index contributed by atoms with van der Waals surface area (Å²) in [5, 5.41) is 2.84. The van der Waals surface area contributed by atoms with Crippen molar-refractivity contribution in [3.8, 4) is 22.5 Å². The maximum atomic E-state index is 7.82. The molecule has 5 heteroatoms. The van der Waals surface area contributed by atoms with Crippen LogP contribution in [0.3, 0.4) is 0 Å². The van der Waals surface area contributed by atoms with Crippen molar-refractivity contribution in [2.75, 3.05) is 0 Å². The van der Waals surface area contributed by atoms with Gasteiger partial charge < -0.3 is 14.4 Å². The normalized spacial score (nSPS) is 13.8. The van der Waals surface area contributed by atoms with Gasteiger partial charge >= 0.3 is 0 Å². The van der Waals surface area contributed by atoms with Gasteiger partial charge in [0.05, 0.1) is 5.58 Å². The molecule has 3 nitrogen and oxygen atoms in total. The molecule has 0 aliphatic carbocycles. The molecule has 0 spiro atoms. The van der Waals surface area contributed by atoms with Crippen LogP contribution in [0.5, 0.6) is 0 Å². The molecule has 4 heterocycles. The Balaban J connectivity index is 0.000000240. The van der Waals surface area contributed by atoms with Gasteiger partial charge in [-0.25, -0.2) is 0 Å². The SMILES string of the molecule is Cc1ccc(-c2[c-]cccc2)nc1.[2H]C([2H])([2H])c1cnc(-c2[c-]ccc3c2oc2c4cc(C)sc4ccc32)cc1C([2H])([2H])[2H].[Ir]. The monoisotopic (exact) mass is 709 g/mol. The smallest absolute Gasteiger partial charge is 0.129 e. The Morgan fingerprint density at radius 1 is 0.769 bits per heavy atom. The second kappa shape index (κ2) is 11.2. The van der Waals surface area contributed by atoms with Crippen molar-refractivity contribution >= 4 is 43.4 Å². The number of furan rings is 1. The van der Waals surface area contributed by atoms with Crippen molar-refractivity contribution in [1.82, 2.24) is 9.97 Å². The minimum Gasteiger partial charge on any atom is -0.500 e. The molecule has 7 aromatic rings. The summed E-state index contributed by atoms with van der Waals surface area (Å²) in [6.07, 6.45) is 3.00. The topological polar surface area (TPSA) is 38.9 Å². The van der Waals surface area contributed by atoms with Crippen LogP contribution in [0.25, 0.3) is 54.5 Å². The summed E-state index contributed by atoms with van der Waals surface area (Å²) >= 11 is 1.69. The largest absolute Gasteiger partial charge is 0.500 e. The fourth-order valence-corrected chi connectivity index (χ4v) is 5.32. The number of aromatic nitrogens is 2. The zero-order chi connectivity index (χ0) is 31.2. The van der Waals surface area contributed by atoms with Gasteiger partial charge in [0.15, 0.2) is 0 Å². The van der Waals surface area contributed by atoms with Crippen molar-refractivity contribution < 1.29 is 32.7 Å². The van der Waals surface area contributed by atoms with Crippen LogP contribution in [-0.2, 0) is 20.1 Å². The standard InChI is InChI=1S/C22H16NOS.C12H10N.Ir/c1-12-9-19(23-11-13(12)2)17-6-4-5-15-16-7-8-20-18(10-14(3)25-20)22(16)24-21(15)17;1-10-7-8-12(13-9-10)11-5-3-2-4-6-11;/h4-5,7-11H,1-3H3;2-5,7-9H,1H3;/q2*-1;/i1D3,2D3;;. The van der Waals surface area contributed by atoms with E-state index in [1.807, 2.05) is 62.5 Å². The van der Waals surface area contributed by atoms with Gasteiger partial charge in [-0.15, -0.1) is 65.4 Å². The Kier molecular flexibility index (Phi) is 5.85. The van der Waals surface area contributed by atoms with Crippen LogP contribution in [0, 0.1) is 39.7 Å². The summed E-state index contributed by atoms with van der Waals surface area (Å²) in [4.78, 5) is 9.77. The Morgan fingerprint density at radius 2 is 1.62 bits per heavy atom. The Labute approximate surface area is 254 Å². The first kappa shape index (κ1) is 20.3. The second-order valence-corrected chi connectivity index (χ2v) is 10.3. The van der Waals surface area contributed by atoms with Crippen LogP contribution in [0.2, 0.25) is 0 Å². The third-order valence-electron chi connectivity index (χ3n) is 6.27. The summed E-state index contributed by atoms with van der Waals surface area (Å²) in [7, 11) is 0. The first-order valence-corrected chi connectivity index (χ1v) is 12.9. The summed E-state index contributed by atoms with van der Waals surface area (Å²) in [6, 6.07) is 29.3. The van der Waals surface area contributed by atoms with E-state index in [4.69, 9.17) is 12.6 Å². The van der Waals surface area contributed by atoms with Crippen LogP contribution in [0.15, 0.2) is 89.6 Å². The number of thiophene rings is 1. The Hall–Kier alpha value is -3.63. The molecular formula is C34H26IrN2OS-2. The quantitative estimate of drug-likeness (QED) is 0.168. The van der Waals surface area contributed by atoms with E-state index in [0.717, 1.165) is 43.9 Å². The molecule has 0 aliphatic heterocycles. The molecule has 0 aliphatic rings. The van der Waals surface area contributed by atoms with Crippen molar-refractivity contribution in [3.05, 3.63) is 119 Å². The molecule has 0 saturated heterocycles. The average Bonchev–Trinajstić information content (AvgIpc) is 3.57. The van der Waals surface area contributed by atoms with Crippen LogP contribution < -0.4 is 0 Å². The summed E-state index contributed by atoms with van der Waals surface area (Å²) in [5.74, 6) is 0. The number of fused-ring (bicyclic) bond motifs is 5. The number of rotatable bonds is 2. The van der Waals surface area contributed by atoms with Crippen LogP contribution in [0.1, 0.15) is 29.8 Å². The number of benzene rings is 3. The molecule has 1 radical (unpaired) electrons. The number of nitrogens with zero attached hydrogens (tertiary/aromatic N) is 2. The third-order valence-corrected chi connectivity index (χ3v) is 7.29. The Bertz CT molecular complexity index is 2120. The van der Waals surface area contributed by atoms with E-state index in [0.29, 0.717) is 16.8 Å².